The average Bonchev–Trinajstić information content (AvgIpc) is 2.32. The minimum Gasteiger partial charge on any atom is -0.465 e. The summed E-state index contributed by atoms with van der Waals surface area (Å²) in [6.07, 6.45) is 0.414. The fraction of sp³-hybridized carbons (Fsp3) is 0.846. The van der Waals surface area contributed by atoms with Crippen LogP contribution in [0.25, 0.3) is 0 Å². The van der Waals surface area contributed by atoms with Crippen molar-refractivity contribution < 1.29 is 19.1 Å². The highest BCUT2D eigenvalue weighted by atomic mass is 16.6. The van der Waals surface area contributed by atoms with E-state index in [1.54, 1.807) is 20.8 Å². The Morgan fingerprint density at radius 2 is 1.28 bits per heavy atom. The maximum absolute atomic E-state index is 11.2. The van der Waals surface area contributed by atoms with Crippen molar-refractivity contribution in [1.29, 1.82) is 0 Å². The predicted molar refractivity (Wildman–Crippen MR) is 71.3 cm³/mol. The number of hydrogen-bond donors (Lipinski definition) is 1. The molecule has 5 nitrogen and oxygen atoms in total. The van der Waals surface area contributed by atoms with E-state index in [0.717, 1.165) is 13.1 Å². The van der Waals surface area contributed by atoms with Gasteiger partial charge in [0.05, 0.1) is 13.2 Å². The van der Waals surface area contributed by atoms with Crippen molar-refractivity contribution in [2.75, 3.05) is 26.3 Å². The normalized spacial score (nSPS) is 9.44. The topological polar surface area (TPSA) is 64.6 Å². The van der Waals surface area contributed by atoms with Crippen molar-refractivity contribution in [3.63, 3.8) is 0 Å². The second-order valence-corrected chi connectivity index (χ2v) is 3.42. The van der Waals surface area contributed by atoms with Crippen LogP contribution in [0.1, 0.15) is 41.0 Å². The van der Waals surface area contributed by atoms with Crippen LogP contribution in [0.3, 0.4) is 0 Å². The van der Waals surface area contributed by atoms with E-state index >= 15 is 0 Å². The largest absolute Gasteiger partial charge is 0.465 e. The summed E-state index contributed by atoms with van der Waals surface area (Å²) in [5, 5.41) is 3.11. The van der Waals surface area contributed by atoms with Crippen LogP contribution in [-0.4, -0.2) is 38.2 Å². The highest BCUT2D eigenvalue weighted by Crippen LogP contribution is 2.07. The number of ether oxygens (including phenoxy) is 2. The molecule has 0 atom stereocenters. The first-order chi connectivity index (χ1) is 8.58. The molecule has 0 aliphatic heterocycles. The van der Waals surface area contributed by atoms with Crippen LogP contribution in [0.15, 0.2) is 0 Å². The second kappa shape index (κ2) is 14.0. The van der Waals surface area contributed by atoms with Crippen molar-refractivity contribution in [2.45, 2.75) is 41.0 Å². The van der Waals surface area contributed by atoms with E-state index in [1.165, 1.54) is 0 Å². The first-order valence-electron chi connectivity index (χ1n) is 6.62. The van der Waals surface area contributed by atoms with E-state index in [2.05, 4.69) is 19.2 Å². The third-order valence-electron chi connectivity index (χ3n) is 2.05. The van der Waals surface area contributed by atoms with Crippen LogP contribution in [0, 0.1) is 5.92 Å². The molecular weight excluding hydrogens is 234 g/mol. The molecular formula is C13H27NO4. The number of esters is 2. The lowest BCUT2D eigenvalue weighted by molar-refractivity contribution is -0.161. The van der Waals surface area contributed by atoms with E-state index in [0.29, 0.717) is 6.42 Å². The molecule has 5 heteroatoms. The smallest absolute Gasteiger partial charge is 0.320 e. The number of carbonyl (C=O) groups excluding carboxylic acids is 2. The van der Waals surface area contributed by atoms with Gasteiger partial charge in [-0.05, 0) is 33.4 Å². The fourth-order valence-electron chi connectivity index (χ4n) is 1.17. The molecule has 0 bridgehead atoms. The first kappa shape index (κ1) is 19.2. The van der Waals surface area contributed by atoms with Gasteiger partial charge in [0.15, 0.2) is 5.92 Å². The second-order valence-electron chi connectivity index (χ2n) is 3.42. The van der Waals surface area contributed by atoms with E-state index in [9.17, 15) is 9.59 Å². The average molecular weight is 261 g/mol. The third-order valence-corrected chi connectivity index (χ3v) is 2.05. The molecule has 0 radical (unpaired) electrons. The van der Waals surface area contributed by atoms with E-state index in [4.69, 9.17) is 9.47 Å². The molecule has 0 aromatic heterocycles. The van der Waals surface area contributed by atoms with Gasteiger partial charge in [0.2, 0.25) is 0 Å². The number of hydrogen-bond acceptors (Lipinski definition) is 5. The van der Waals surface area contributed by atoms with Crippen molar-refractivity contribution in [1.82, 2.24) is 5.32 Å². The molecule has 0 aliphatic rings. The van der Waals surface area contributed by atoms with Crippen molar-refractivity contribution in [2.24, 2.45) is 5.92 Å². The highest BCUT2D eigenvalue weighted by molar-refractivity contribution is 5.94. The number of rotatable bonds is 7. The zero-order chi connectivity index (χ0) is 14.4. The minimum atomic E-state index is -0.764. The Bertz CT molecular complexity index is 199. The molecule has 0 aromatic carbocycles. The van der Waals surface area contributed by atoms with Crippen molar-refractivity contribution >= 4 is 11.9 Å². The highest BCUT2D eigenvalue weighted by Gasteiger charge is 2.27. The third kappa shape index (κ3) is 10.1. The maximum atomic E-state index is 11.2. The Morgan fingerprint density at radius 3 is 1.44 bits per heavy atom. The summed E-state index contributed by atoms with van der Waals surface area (Å²) in [4.78, 5) is 22.3. The van der Waals surface area contributed by atoms with Crippen molar-refractivity contribution in [3.8, 4) is 0 Å². The monoisotopic (exact) mass is 261 g/mol. The molecule has 0 aromatic rings. The summed E-state index contributed by atoms with van der Waals surface area (Å²) in [6, 6.07) is 0. The summed E-state index contributed by atoms with van der Waals surface area (Å²) in [6.45, 7) is 12.1. The van der Waals surface area contributed by atoms with Crippen LogP contribution in [0.5, 0.6) is 0 Å². The van der Waals surface area contributed by atoms with E-state index in [-0.39, 0.29) is 13.2 Å². The van der Waals surface area contributed by atoms with E-state index in [1.807, 2.05) is 0 Å². The van der Waals surface area contributed by atoms with Crippen LogP contribution < -0.4 is 5.32 Å². The van der Waals surface area contributed by atoms with Crippen LogP contribution in [0.4, 0.5) is 0 Å². The van der Waals surface area contributed by atoms with Gasteiger partial charge in [0.25, 0.3) is 0 Å². The molecule has 0 saturated carbocycles. The van der Waals surface area contributed by atoms with Crippen molar-refractivity contribution in [3.05, 3.63) is 0 Å². The summed E-state index contributed by atoms with van der Waals surface area (Å²) < 4.78 is 9.45. The van der Waals surface area contributed by atoms with Crippen LogP contribution in [0.2, 0.25) is 0 Å². The first-order valence-corrected chi connectivity index (χ1v) is 6.62. The van der Waals surface area contributed by atoms with Gasteiger partial charge in [-0.2, -0.15) is 0 Å². The summed E-state index contributed by atoms with van der Waals surface area (Å²) in [7, 11) is 0. The lowest BCUT2D eigenvalue weighted by atomic mass is 10.1. The maximum Gasteiger partial charge on any atom is 0.320 e. The van der Waals surface area contributed by atoms with Gasteiger partial charge in [-0.3, -0.25) is 9.59 Å². The molecule has 1 N–H and O–H groups in total. The predicted octanol–water partition coefficient (Wildman–Crippen LogP) is 1.75. The molecule has 108 valence electrons. The van der Waals surface area contributed by atoms with Crippen LogP contribution in [-0.2, 0) is 19.1 Å². The molecule has 0 spiro atoms. The summed E-state index contributed by atoms with van der Waals surface area (Å²) >= 11 is 0. The quantitative estimate of drug-likeness (QED) is 0.559. The standard InChI is InChI=1S/C9H16O4.C4H11N/c1-4-7(8(10)12-5-2)9(11)13-6-3;1-3-5-4-2/h7H,4-6H2,1-3H3;5H,3-4H2,1-2H3. The van der Waals surface area contributed by atoms with Gasteiger partial charge in [-0.1, -0.05) is 20.8 Å². The minimum absolute atomic E-state index is 0.286. The zero-order valence-corrected chi connectivity index (χ0v) is 12.2. The molecule has 18 heavy (non-hydrogen) atoms. The molecule has 0 fully saturated rings. The van der Waals surface area contributed by atoms with Gasteiger partial charge in [0, 0.05) is 0 Å². The fourth-order valence-corrected chi connectivity index (χ4v) is 1.17. The molecule has 0 unspecified atom stereocenters. The van der Waals surface area contributed by atoms with Gasteiger partial charge in [-0.25, -0.2) is 0 Å². The van der Waals surface area contributed by atoms with Gasteiger partial charge >= 0.3 is 11.9 Å². The lowest BCUT2D eigenvalue weighted by Gasteiger charge is -2.11. The summed E-state index contributed by atoms with van der Waals surface area (Å²) in [5.74, 6) is -1.76. The van der Waals surface area contributed by atoms with Gasteiger partial charge in [-0.15, -0.1) is 0 Å². The lowest BCUT2D eigenvalue weighted by Crippen LogP contribution is -2.27. The van der Waals surface area contributed by atoms with E-state index < -0.39 is 17.9 Å². The molecule has 0 rings (SSSR count). The Labute approximate surface area is 110 Å². The summed E-state index contributed by atoms with van der Waals surface area (Å²) in [5.41, 5.74) is 0. The molecule has 0 amide bonds. The Kier molecular flexibility index (Phi) is 14.9. The molecule has 0 aliphatic carbocycles. The number of carbonyl (C=O) groups is 2. The van der Waals surface area contributed by atoms with Crippen LogP contribution >= 0.6 is 0 Å². The van der Waals surface area contributed by atoms with Gasteiger partial charge < -0.3 is 14.8 Å². The molecule has 0 saturated heterocycles. The zero-order valence-electron chi connectivity index (χ0n) is 12.2. The van der Waals surface area contributed by atoms with Gasteiger partial charge in [0.1, 0.15) is 0 Å². The Hall–Kier alpha value is -1.10. The SMILES string of the molecule is CCNCC.CCOC(=O)C(CC)C(=O)OCC. The Morgan fingerprint density at radius 1 is 0.889 bits per heavy atom. The molecule has 0 heterocycles. The number of nitrogens with one attached hydrogen (secondary N) is 1. The Balaban J connectivity index is 0.